The summed E-state index contributed by atoms with van der Waals surface area (Å²) in [6.45, 7) is 4.88. The van der Waals surface area contributed by atoms with Crippen LogP contribution in [0.4, 0.5) is 5.69 Å². The highest BCUT2D eigenvalue weighted by molar-refractivity contribution is 7.20. The van der Waals surface area contributed by atoms with Crippen molar-refractivity contribution in [2.45, 2.75) is 13.8 Å². The van der Waals surface area contributed by atoms with Crippen LogP contribution in [0.15, 0.2) is 12.3 Å². The van der Waals surface area contributed by atoms with Crippen LogP contribution in [0.1, 0.15) is 22.2 Å². The summed E-state index contributed by atoms with van der Waals surface area (Å²) < 4.78 is 0. The fourth-order valence-corrected chi connectivity index (χ4v) is 2.63. The second kappa shape index (κ2) is 3.98. The van der Waals surface area contributed by atoms with Gasteiger partial charge in [0.1, 0.15) is 4.83 Å². The van der Waals surface area contributed by atoms with Crippen molar-refractivity contribution in [3.05, 3.63) is 22.7 Å². The summed E-state index contributed by atoms with van der Waals surface area (Å²) in [5, 5.41) is 4.35. The van der Waals surface area contributed by atoms with E-state index < -0.39 is 0 Å². The number of pyridine rings is 1. The van der Waals surface area contributed by atoms with E-state index in [2.05, 4.69) is 17.2 Å². The van der Waals surface area contributed by atoms with E-state index >= 15 is 0 Å². The maximum Gasteiger partial charge on any atom is 0.160 e. The predicted octanol–water partition coefficient (Wildman–Crippen LogP) is 2.85. The molecule has 2 aromatic rings. The van der Waals surface area contributed by atoms with Gasteiger partial charge < -0.3 is 5.32 Å². The quantitative estimate of drug-likeness (QED) is 0.809. The average Bonchev–Trinajstić information content (AvgIpc) is 2.57. The molecule has 78 valence electrons. The minimum Gasteiger partial charge on any atom is -0.385 e. The third-order valence-electron chi connectivity index (χ3n) is 2.34. The molecule has 3 nitrogen and oxygen atoms in total. The predicted molar refractivity (Wildman–Crippen MR) is 63.9 cm³/mol. The average molecular weight is 220 g/mol. The minimum absolute atomic E-state index is 0.767. The summed E-state index contributed by atoms with van der Waals surface area (Å²) in [5.74, 6) is 0. The van der Waals surface area contributed by atoms with Crippen LogP contribution in [0.5, 0.6) is 0 Å². The standard InChI is InChI=1S/C11H12N2OS/c1-3-12-8-4-5-13-11-10(8)7(2)9(6-14)15-11/h4-6H,3H2,1-2H3,(H,12,13). The topological polar surface area (TPSA) is 42.0 Å². The van der Waals surface area contributed by atoms with Crippen molar-refractivity contribution < 1.29 is 4.79 Å². The third-order valence-corrected chi connectivity index (χ3v) is 3.47. The Bertz CT molecular complexity index is 505. The highest BCUT2D eigenvalue weighted by Crippen LogP contribution is 2.33. The molecule has 0 atom stereocenters. The van der Waals surface area contributed by atoms with E-state index in [1.807, 2.05) is 13.0 Å². The van der Waals surface area contributed by atoms with Crippen LogP contribution in [0, 0.1) is 6.92 Å². The third kappa shape index (κ3) is 1.61. The van der Waals surface area contributed by atoms with E-state index in [0.717, 1.165) is 39.2 Å². The van der Waals surface area contributed by atoms with Gasteiger partial charge in [0, 0.05) is 23.8 Å². The van der Waals surface area contributed by atoms with E-state index in [9.17, 15) is 4.79 Å². The fraction of sp³-hybridized carbons (Fsp3) is 0.273. The number of nitrogens with zero attached hydrogens (tertiary/aromatic N) is 1. The monoisotopic (exact) mass is 220 g/mol. The highest BCUT2D eigenvalue weighted by Gasteiger charge is 2.11. The Morgan fingerprint density at radius 2 is 2.40 bits per heavy atom. The fourth-order valence-electron chi connectivity index (χ4n) is 1.64. The summed E-state index contributed by atoms with van der Waals surface area (Å²) in [6, 6.07) is 1.94. The first-order valence-corrected chi connectivity index (χ1v) is 5.66. The number of aromatic nitrogens is 1. The van der Waals surface area contributed by atoms with Gasteiger partial charge in [-0.1, -0.05) is 0 Å². The summed E-state index contributed by atoms with van der Waals surface area (Å²) >= 11 is 1.44. The lowest BCUT2D eigenvalue weighted by molar-refractivity contribution is 0.112. The van der Waals surface area contributed by atoms with Gasteiger partial charge in [-0.25, -0.2) is 4.98 Å². The van der Waals surface area contributed by atoms with Gasteiger partial charge in [-0.05, 0) is 25.5 Å². The Kier molecular flexibility index (Phi) is 2.68. The maximum absolute atomic E-state index is 10.8. The summed E-state index contributed by atoms with van der Waals surface area (Å²) in [4.78, 5) is 16.8. The molecule has 2 aromatic heterocycles. The number of carbonyl (C=O) groups is 1. The molecule has 0 aromatic carbocycles. The van der Waals surface area contributed by atoms with Crippen molar-refractivity contribution in [1.82, 2.24) is 4.98 Å². The van der Waals surface area contributed by atoms with E-state index in [1.54, 1.807) is 6.20 Å². The molecular weight excluding hydrogens is 208 g/mol. The smallest absolute Gasteiger partial charge is 0.160 e. The first-order valence-electron chi connectivity index (χ1n) is 4.85. The second-order valence-corrected chi connectivity index (χ2v) is 4.31. The number of carbonyl (C=O) groups excluding carboxylic acids is 1. The summed E-state index contributed by atoms with van der Waals surface area (Å²) in [5.41, 5.74) is 2.08. The SMILES string of the molecule is CCNc1ccnc2sc(C=O)c(C)c12. The first kappa shape index (κ1) is 10.1. The molecule has 0 aliphatic heterocycles. The molecule has 0 fully saturated rings. The molecule has 1 N–H and O–H groups in total. The lowest BCUT2D eigenvalue weighted by Gasteiger charge is -2.04. The number of thiophene rings is 1. The lowest BCUT2D eigenvalue weighted by Crippen LogP contribution is -1.97. The number of rotatable bonds is 3. The number of nitrogens with one attached hydrogen (secondary N) is 1. The Morgan fingerprint density at radius 3 is 3.07 bits per heavy atom. The van der Waals surface area contributed by atoms with Gasteiger partial charge in [0.05, 0.1) is 4.88 Å². The van der Waals surface area contributed by atoms with E-state index in [4.69, 9.17) is 0 Å². The van der Waals surface area contributed by atoms with Gasteiger partial charge >= 0.3 is 0 Å². The van der Waals surface area contributed by atoms with E-state index in [0.29, 0.717) is 0 Å². The molecule has 0 aliphatic rings. The number of hydrogen-bond donors (Lipinski definition) is 1. The first-order chi connectivity index (χ1) is 7.27. The van der Waals surface area contributed by atoms with Gasteiger partial charge in [0.15, 0.2) is 6.29 Å². The Balaban J connectivity index is 2.72. The molecule has 4 heteroatoms. The van der Waals surface area contributed by atoms with Crippen molar-refractivity contribution >= 4 is 33.5 Å². The summed E-state index contributed by atoms with van der Waals surface area (Å²) in [6.07, 6.45) is 2.67. The van der Waals surface area contributed by atoms with Gasteiger partial charge in [-0.3, -0.25) is 4.79 Å². The van der Waals surface area contributed by atoms with Gasteiger partial charge in [-0.15, -0.1) is 11.3 Å². The van der Waals surface area contributed by atoms with Crippen LogP contribution in [0.25, 0.3) is 10.2 Å². The molecule has 0 amide bonds. The largest absolute Gasteiger partial charge is 0.385 e. The minimum atomic E-state index is 0.767. The van der Waals surface area contributed by atoms with Crippen LogP contribution < -0.4 is 5.32 Å². The van der Waals surface area contributed by atoms with Crippen LogP contribution >= 0.6 is 11.3 Å². The van der Waals surface area contributed by atoms with Crippen molar-refractivity contribution in [2.75, 3.05) is 11.9 Å². The number of aryl methyl sites for hydroxylation is 1. The normalized spacial score (nSPS) is 10.5. The van der Waals surface area contributed by atoms with Gasteiger partial charge in [-0.2, -0.15) is 0 Å². The maximum atomic E-state index is 10.8. The van der Waals surface area contributed by atoms with Crippen molar-refractivity contribution in [3.8, 4) is 0 Å². The van der Waals surface area contributed by atoms with Crippen molar-refractivity contribution in [3.63, 3.8) is 0 Å². The van der Waals surface area contributed by atoms with Gasteiger partial charge in [0.25, 0.3) is 0 Å². The van der Waals surface area contributed by atoms with Crippen LogP contribution in [-0.4, -0.2) is 17.8 Å². The zero-order valence-corrected chi connectivity index (χ0v) is 9.52. The number of aldehydes is 1. The zero-order valence-electron chi connectivity index (χ0n) is 8.70. The molecule has 0 bridgehead atoms. The van der Waals surface area contributed by atoms with Crippen molar-refractivity contribution in [1.29, 1.82) is 0 Å². The van der Waals surface area contributed by atoms with Gasteiger partial charge in [0.2, 0.25) is 0 Å². The number of hydrogen-bond acceptors (Lipinski definition) is 4. The Morgan fingerprint density at radius 1 is 1.60 bits per heavy atom. The Labute approximate surface area is 92.1 Å². The Hall–Kier alpha value is -1.42. The molecule has 2 rings (SSSR count). The molecule has 0 unspecified atom stereocenters. The molecule has 0 saturated carbocycles. The van der Waals surface area contributed by atoms with Crippen LogP contribution in [0.3, 0.4) is 0 Å². The lowest BCUT2D eigenvalue weighted by atomic mass is 10.1. The summed E-state index contributed by atoms with van der Waals surface area (Å²) in [7, 11) is 0. The molecule has 0 saturated heterocycles. The molecule has 2 heterocycles. The molecule has 0 radical (unpaired) electrons. The number of fused-ring (bicyclic) bond motifs is 1. The second-order valence-electron chi connectivity index (χ2n) is 3.28. The zero-order chi connectivity index (χ0) is 10.8. The number of anilines is 1. The highest BCUT2D eigenvalue weighted by atomic mass is 32.1. The van der Waals surface area contributed by atoms with E-state index in [-0.39, 0.29) is 0 Å². The molecular formula is C11H12N2OS. The van der Waals surface area contributed by atoms with Crippen LogP contribution in [-0.2, 0) is 0 Å². The van der Waals surface area contributed by atoms with E-state index in [1.165, 1.54) is 11.3 Å². The molecule has 15 heavy (non-hydrogen) atoms. The molecule has 0 spiro atoms. The molecule has 0 aliphatic carbocycles. The van der Waals surface area contributed by atoms with Crippen LogP contribution in [0.2, 0.25) is 0 Å². The van der Waals surface area contributed by atoms with Crippen molar-refractivity contribution in [2.24, 2.45) is 0 Å².